The van der Waals surface area contributed by atoms with Gasteiger partial charge in [-0.25, -0.2) is 4.79 Å². The molecule has 6 heteroatoms. The molecule has 0 fully saturated rings. The van der Waals surface area contributed by atoms with Crippen LogP contribution in [-0.2, 0) is 19.4 Å². The number of hydrogen-bond donors (Lipinski definition) is 3. The Bertz CT molecular complexity index is 1050. The quantitative estimate of drug-likeness (QED) is 0.353. The molecule has 5 nitrogen and oxygen atoms in total. The van der Waals surface area contributed by atoms with Crippen molar-refractivity contribution in [2.75, 3.05) is 28.3 Å². The number of urea groups is 1. The highest BCUT2D eigenvalue weighted by Gasteiger charge is 2.21. The van der Waals surface area contributed by atoms with Crippen molar-refractivity contribution in [2.45, 2.75) is 40.2 Å². The van der Waals surface area contributed by atoms with E-state index in [4.69, 9.17) is 17.3 Å². The minimum atomic E-state index is -0.228. The van der Waals surface area contributed by atoms with E-state index in [1.165, 1.54) is 5.56 Å². The molecule has 3 rings (SSSR count). The minimum Gasteiger partial charge on any atom is -0.398 e. The number of carbonyl (C=O) groups is 1. The van der Waals surface area contributed by atoms with Gasteiger partial charge < -0.3 is 16.4 Å². The summed E-state index contributed by atoms with van der Waals surface area (Å²) >= 11 is 6.47. The van der Waals surface area contributed by atoms with Gasteiger partial charge in [-0.05, 0) is 66.8 Å². The molecule has 2 amide bonds. The Kier molecular flexibility index (Phi) is 7.65. The molecule has 0 aliphatic rings. The molecule has 0 saturated heterocycles. The summed E-state index contributed by atoms with van der Waals surface area (Å²) in [6, 6.07) is 17.5. The third kappa shape index (κ3) is 5.17. The molecule has 0 heterocycles. The third-order valence-electron chi connectivity index (χ3n) is 5.64. The average Bonchev–Trinajstić information content (AvgIpc) is 2.79. The summed E-state index contributed by atoms with van der Waals surface area (Å²) in [5.74, 6) is 0. The molecule has 0 bridgehead atoms. The lowest BCUT2D eigenvalue weighted by Crippen LogP contribution is -2.35. The summed E-state index contributed by atoms with van der Waals surface area (Å²) in [5.41, 5.74) is 13.3. The smallest absolute Gasteiger partial charge is 0.326 e. The molecule has 0 unspecified atom stereocenters. The number of nitrogens with zero attached hydrogens (tertiary/aromatic N) is 1. The van der Waals surface area contributed by atoms with Gasteiger partial charge >= 0.3 is 6.03 Å². The fourth-order valence-electron chi connectivity index (χ4n) is 3.77. The number of benzene rings is 3. The zero-order chi connectivity index (χ0) is 23.3. The lowest BCUT2D eigenvalue weighted by Gasteiger charge is -2.26. The molecule has 0 radical (unpaired) electrons. The second-order valence-electron chi connectivity index (χ2n) is 7.79. The zero-order valence-electron chi connectivity index (χ0n) is 19.1. The summed E-state index contributed by atoms with van der Waals surface area (Å²) in [7, 11) is 1.87. The lowest BCUT2D eigenvalue weighted by molar-refractivity contribution is 0.256. The van der Waals surface area contributed by atoms with Crippen LogP contribution in [0, 0.1) is 6.92 Å². The highest BCUT2D eigenvalue weighted by molar-refractivity contribution is 6.32. The highest BCUT2D eigenvalue weighted by atomic mass is 35.5. The summed E-state index contributed by atoms with van der Waals surface area (Å²) in [4.78, 5) is 15.3. The van der Waals surface area contributed by atoms with Crippen molar-refractivity contribution in [2.24, 2.45) is 0 Å². The highest BCUT2D eigenvalue weighted by Crippen LogP contribution is 2.34. The van der Waals surface area contributed by atoms with Gasteiger partial charge in [0.2, 0.25) is 0 Å². The van der Waals surface area contributed by atoms with Gasteiger partial charge in [0.25, 0.3) is 0 Å². The van der Waals surface area contributed by atoms with E-state index in [-0.39, 0.29) is 6.03 Å². The number of aryl methyl sites for hydroxylation is 1. The second-order valence-corrected chi connectivity index (χ2v) is 8.19. The van der Waals surface area contributed by atoms with Gasteiger partial charge in [-0.3, -0.25) is 4.90 Å². The van der Waals surface area contributed by atoms with Crippen LogP contribution in [0.1, 0.15) is 36.1 Å². The first-order valence-electron chi connectivity index (χ1n) is 10.9. The van der Waals surface area contributed by atoms with Gasteiger partial charge in [0, 0.05) is 29.1 Å². The van der Waals surface area contributed by atoms with E-state index >= 15 is 0 Å². The van der Waals surface area contributed by atoms with Crippen LogP contribution in [0.15, 0.2) is 54.6 Å². The van der Waals surface area contributed by atoms with E-state index in [1.54, 1.807) is 11.0 Å². The Labute approximate surface area is 195 Å². The van der Waals surface area contributed by atoms with Gasteiger partial charge in [0.05, 0.1) is 12.2 Å². The molecule has 3 aromatic rings. The zero-order valence-corrected chi connectivity index (χ0v) is 19.9. The maximum absolute atomic E-state index is 13.6. The first kappa shape index (κ1) is 23.5. The van der Waals surface area contributed by atoms with Crippen LogP contribution in [0.5, 0.6) is 0 Å². The number of hydrogen-bond acceptors (Lipinski definition) is 3. The number of rotatable bonds is 7. The molecule has 168 valence electrons. The Morgan fingerprint density at radius 2 is 1.62 bits per heavy atom. The fraction of sp³-hybridized carbons (Fsp3) is 0.269. The first-order chi connectivity index (χ1) is 15.4. The largest absolute Gasteiger partial charge is 0.398 e. The molecule has 0 aromatic heterocycles. The Balaban J connectivity index is 2.01. The Morgan fingerprint density at radius 3 is 2.19 bits per heavy atom. The maximum atomic E-state index is 13.6. The van der Waals surface area contributed by atoms with Crippen molar-refractivity contribution in [3.05, 3.63) is 81.9 Å². The van der Waals surface area contributed by atoms with Crippen molar-refractivity contribution < 1.29 is 4.79 Å². The van der Waals surface area contributed by atoms with Crippen molar-refractivity contribution in [1.29, 1.82) is 0 Å². The maximum Gasteiger partial charge on any atom is 0.326 e. The van der Waals surface area contributed by atoms with Crippen molar-refractivity contribution >= 4 is 40.4 Å². The van der Waals surface area contributed by atoms with Gasteiger partial charge in [0.1, 0.15) is 0 Å². The van der Waals surface area contributed by atoms with E-state index in [9.17, 15) is 4.79 Å². The van der Waals surface area contributed by atoms with Crippen LogP contribution in [0.2, 0.25) is 5.02 Å². The topological polar surface area (TPSA) is 70.4 Å². The molecule has 4 N–H and O–H groups in total. The van der Waals surface area contributed by atoms with Crippen LogP contribution in [0.25, 0.3) is 0 Å². The molecular weight excluding hydrogens is 420 g/mol. The molecular formula is C26H31ClN4O. The summed E-state index contributed by atoms with van der Waals surface area (Å²) in [6.45, 7) is 6.53. The molecule has 0 atom stereocenters. The molecule has 0 aliphatic carbocycles. The predicted octanol–water partition coefficient (Wildman–Crippen LogP) is 6.64. The predicted molar refractivity (Wildman–Crippen MR) is 137 cm³/mol. The van der Waals surface area contributed by atoms with E-state index in [0.29, 0.717) is 35.8 Å². The van der Waals surface area contributed by atoms with E-state index in [2.05, 4.69) is 22.8 Å². The average molecular weight is 451 g/mol. The standard InChI is InChI=1S/C26H31ClN4O/c1-5-21-23(27)15-24(28)22(6-2)25(21)30-26(32)31(16-18-9-7-17(3)8-10-18)20-13-11-19(29-4)12-14-20/h7-15,29H,5-6,16,28H2,1-4H3,(H,30,32). The van der Waals surface area contributed by atoms with Gasteiger partial charge in [-0.15, -0.1) is 0 Å². The summed E-state index contributed by atoms with van der Waals surface area (Å²) in [6.07, 6.45) is 1.39. The van der Waals surface area contributed by atoms with E-state index in [0.717, 1.165) is 28.1 Å². The fourth-order valence-corrected chi connectivity index (χ4v) is 4.12. The normalized spacial score (nSPS) is 10.7. The van der Waals surface area contributed by atoms with Crippen molar-refractivity contribution in [3.63, 3.8) is 0 Å². The summed E-state index contributed by atoms with van der Waals surface area (Å²) in [5, 5.41) is 6.81. The number of amides is 2. The molecule has 3 aromatic carbocycles. The van der Waals surface area contributed by atoms with Gasteiger partial charge in [-0.1, -0.05) is 55.3 Å². The Hall–Kier alpha value is -3.18. The van der Waals surface area contributed by atoms with Crippen molar-refractivity contribution in [1.82, 2.24) is 0 Å². The number of nitrogens with one attached hydrogen (secondary N) is 2. The number of anilines is 4. The van der Waals surface area contributed by atoms with Crippen LogP contribution in [0.4, 0.5) is 27.5 Å². The van der Waals surface area contributed by atoms with Crippen LogP contribution < -0.4 is 21.3 Å². The van der Waals surface area contributed by atoms with E-state index < -0.39 is 0 Å². The SMILES string of the molecule is CCc1c(N)cc(Cl)c(CC)c1NC(=O)N(Cc1ccc(C)cc1)c1ccc(NC)cc1. The number of nitrogens with two attached hydrogens (primary N) is 1. The molecule has 0 spiro atoms. The first-order valence-corrected chi connectivity index (χ1v) is 11.3. The molecule has 0 saturated carbocycles. The Morgan fingerprint density at radius 1 is 1.00 bits per heavy atom. The molecule has 0 aliphatic heterocycles. The van der Waals surface area contributed by atoms with Crippen LogP contribution >= 0.6 is 11.6 Å². The summed E-state index contributed by atoms with van der Waals surface area (Å²) < 4.78 is 0. The second kappa shape index (κ2) is 10.4. The van der Waals surface area contributed by atoms with E-state index in [1.807, 2.05) is 64.2 Å². The molecule has 32 heavy (non-hydrogen) atoms. The van der Waals surface area contributed by atoms with Crippen LogP contribution in [-0.4, -0.2) is 13.1 Å². The number of halogens is 1. The van der Waals surface area contributed by atoms with Crippen molar-refractivity contribution in [3.8, 4) is 0 Å². The van der Waals surface area contributed by atoms with Crippen LogP contribution in [0.3, 0.4) is 0 Å². The van der Waals surface area contributed by atoms with Gasteiger partial charge in [-0.2, -0.15) is 0 Å². The number of carbonyl (C=O) groups excluding carboxylic acids is 1. The monoisotopic (exact) mass is 450 g/mol. The minimum absolute atomic E-state index is 0.228. The van der Waals surface area contributed by atoms with Gasteiger partial charge in [0.15, 0.2) is 0 Å². The number of nitrogen functional groups attached to an aromatic ring is 1. The third-order valence-corrected chi connectivity index (χ3v) is 5.97. The lowest BCUT2D eigenvalue weighted by atomic mass is 10.0.